The van der Waals surface area contributed by atoms with Gasteiger partial charge in [-0.1, -0.05) is 11.6 Å². The molecule has 0 aliphatic carbocycles. The molecule has 1 saturated heterocycles. The Bertz CT molecular complexity index is 776. The maximum atomic E-state index is 12.9. The van der Waals surface area contributed by atoms with Gasteiger partial charge in [-0.05, 0) is 63.9 Å². The van der Waals surface area contributed by atoms with Crippen molar-refractivity contribution in [1.82, 2.24) is 14.7 Å². The summed E-state index contributed by atoms with van der Waals surface area (Å²) in [6.07, 6.45) is 2.41. The van der Waals surface area contributed by atoms with Crippen molar-refractivity contribution < 1.29 is 0 Å². The van der Waals surface area contributed by atoms with E-state index in [0.29, 0.717) is 22.6 Å². The fourth-order valence-corrected chi connectivity index (χ4v) is 3.50. The first-order chi connectivity index (χ1) is 10.5. The number of fused-ring (bicyclic) bond motifs is 1. The minimum atomic E-state index is -0.0142. The first-order valence-electron chi connectivity index (χ1n) is 7.94. The molecule has 1 aliphatic rings. The van der Waals surface area contributed by atoms with E-state index in [1.807, 2.05) is 31.5 Å². The van der Waals surface area contributed by atoms with E-state index < -0.39 is 0 Å². The van der Waals surface area contributed by atoms with Gasteiger partial charge < -0.3 is 0 Å². The zero-order chi connectivity index (χ0) is 15.9. The van der Waals surface area contributed by atoms with E-state index in [2.05, 4.69) is 10.00 Å². The SMILES string of the molecule is CCn1nc(CN2CCCC2)c(=O)c2c(Cl)c(C)c(C)cc21. The predicted octanol–water partition coefficient (Wildman–Crippen LogP) is 3.28. The number of hydrogen-bond donors (Lipinski definition) is 0. The Morgan fingerprint density at radius 1 is 1.27 bits per heavy atom. The molecule has 118 valence electrons. The van der Waals surface area contributed by atoms with Gasteiger partial charge in [-0.3, -0.25) is 14.4 Å². The second kappa shape index (κ2) is 6.01. The standard InChI is InChI=1S/C17H22ClN3O/c1-4-21-14-9-11(2)12(3)16(18)15(14)17(22)13(19-21)10-20-7-5-6-8-20/h9H,4-8,10H2,1-3H3. The number of aryl methyl sites for hydroxylation is 2. The van der Waals surface area contributed by atoms with Gasteiger partial charge in [-0.25, -0.2) is 0 Å². The van der Waals surface area contributed by atoms with Gasteiger partial charge in [-0.2, -0.15) is 5.10 Å². The van der Waals surface area contributed by atoms with E-state index in [9.17, 15) is 4.79 Å². The number of halogens is 1. The minimum Gasteiger partial charge on any atom is -0.297 e. The van der Waals surface area contributed by atoms with E-state index in [1.54, 1.807) is 0 Å². The lowest BCUT2D eigenvalue weighted by Gasteiger charge is -2.17. The van der Waals surface area contributed by atoms with Crippen molar-refractivity contribution in [2.75, 3.05) is 13.1 Å². The first kappa shape index (κ1) is 15.5. The van der Waals surface area contributed by atoms with E-state index >= 15 is 0 Å². The zero-order valence-corrected chi connectivity index (χ0v) is 14.2. The fourth-order valence-electron chi connectivity index (χ4n) is 3.16. The lowest BCUT2D eigenvalue weighted by atomic mass is 10.1. The van der Waals surface area contributed by atoms with Gasteiger partial charge >= 0.3 is 0 Å². The third-order valence-electron chi connectivity index (χ3n) is 4.63. The summed E-state index contributed by atoms with van der Waals surface area (Å²) in [6.45, 7) is 9.47. The summed E-state index contributed by atoms with van der Waals surface area (Å²) < 4.78 is 1.90. The lowest BCUT2D eigenvalue weighted by molar-refractivity contribution is 0.323. The van der Waals surface area contributed by atoms with Gasteiger partial charge in [0.1, 0.15) is 5.69 Å². The quantitative estimate of drug-likeness (QED) is 0.871. The van der Waals surface area contributed by atoms with Crippen LogP contribution in [-0.2, 0) is 13.1 Å². The van der Waals surface area contributed by atoms with Crippen LogP contribution in [0.3, 0.4) is 0 Å². The van der Waals surface area contributed by atoms with Crippen molar-refractivity contribution in [3.05, 3.63) is 38.1 Å². The molecule has 0 bridgehead atoms. The molecule has 1 fully saturated rings. The molecule has 1 aliphatic heterocycles. The molecular weight excluding hydrogens is 298 g/mol. The molecule has 4 nitrogen and oxygen atoms in total. The highest BCUT2D eigenvalue weighted by atomic mass is 35.5. The minimum absolute atomic E-state index is 0.0142. The van der Waals surface area contributed by atoms with Crippen LogP contribution in [0.4, 0.5) is 0 Å². The molecule has 5 heteroatoms. The molecule has 3 rings (SSSR count). The van der Waals surface area contributed by atoms with E-state index in [0.717, 1.165) is 36.3 Å². The van der Waals surface area contributed by atoms with Crippen molar-refractivity contribution in [2.24, 2.45) is 0 Å². The smallest absolute Gasteiger partial charge is 0.214 e. The largest absolute Gasteiger partial charge is 0.297 e. The number of rotatable bonds is 3. The van der Waals surface area contributed by atoms with Gasteiger partial charge in [0.15, 0.2) is 0 Å². The van der Waals surface area contributed by atoms with Gasteiger partial charge in [-0.15, -0.1) is 0 Å². The number of likely N-dealkylation sites (tertiary alicyclic amines) is 1. The van der Waals surface area contributed by atoms with Crippen LogP contribution in [0.2, 0.25) is 5.02 Å². The molecule has 0 N–H and O–H groups in total. The summed E-state index contributed by atoms with van der Waals surface area (Å²) in [5.41, 5.74) is 3.51. The third-order valence-corrected chi connectivity index (χ3v) is 5.10. The van der Waals surface area contributed by atoms with Crippen LogP contribution in [-0.4, -0.2) is 27.8 Å². The summed E-state index contributed by atoms with van der Waals surface area (Å²) in [5, 5.41) is 5.80. The predicted molar refractivity (Wildman–Crippen MR) is 90.7 cm³/mol. The van der Waals surface area contributed by atoms with Crippen LogP contribution in [0.25, 0.3) is 10.9 Å². The first-order valence-corrected chi connectivity index (χ1v) is 8.32. The van der Waals surface area contributed by atoms with Gasteiger partial charge in [0.2, 0.25) is 5.43 Å². The molecule has 2 aromatic rings. The van der Waals surface area contributed by atoms with Crippen molar-refractivity contribution >= 4 is 22.5 Å². The Kier molecular flexibility index (Phi) is 4.24. The van der Waals surface area contributed by atoms with Crippen LogP contribution >= 0.6 is 11.6 Å². The fraction of sp³-hybridized carbons (Fsp3) is 0.529. The Balaban J connectivity index is 2.22. The topological polar surface area (TPSA) is 38.1 Å². The molecule has 22 heavy (non-hydrogen) atoms. The number of hydrogen-bond acceptors (Lipinski definition) is 3. The van der Waals surface area contributed by atoms with Crippen LogP contribution in [0, 0.1) is 13.8 Å². The molecule has 0 amide bonds. The maximum absolute atomic E-state index is 12.9. The highest BCUT2D eigenvalue weighted by Gasteiger charge is 2.19. The third kappa shape index (κ3) is 2.55. The lowest BCUT2D eigenvalue weighted by Crippen LogP contribution is -2.27. The summed E-state index contributed by atoms with van der Waals surface area (Å²) in [6, 6.07) is 2.02. The van der Waals surface area contributed by atoms with Crippen LogP contribution in [0.1, 0.15) is 36.6 Å². The number of aromatic nitrogens is 2. The van der Waals surface area contributed by atoms with E-state index in [4.69, 9.17) is 11.6 Å². The average Bonchev–Trinajstić information content (AvgIpc) is 3.00. The molecule has 1 aromatic carbocycles. The molecule has 0 saturated carbocycles. The van der Waals surface area contributed by atoms with Gasteiger partial charge in [0.25, 0.3) is 0 Å². The summed E-state index contributed by atoms with van der Waals surface area (Å²) in [7, 11) is 0. The molecule has 2 heterocycles. The van der Waals surface area contributed by atoms with Crippen LogP contribution in [0.15, 0.2) is 10.9 Å². The summed E-state index contributed by atoms with van der Waals surface area (Å²) in [5.74, 6) is 0. The summed E-state index contributed by atoms with van der Waals surface area (Å²) >= 11 is 6.50. The second-order valence-electron chi connectivity index (χ2n) is 6.10. The summed E-state index contributed by atoms with van der Waals surface area (Å²) in [4.78, 5) is 15.2. The molecule has 0 unspecified atom stereocenters. The molecule has 1 aromatic heterocycles. The average molecular weight is 320 g/mol. The van der Waals surface area contributed by atoms with Gasteiger partial charge in [0, 0.05) is 13.1 Å². The molecular formula is C17H22ClN3O. The molecule has 0 atom stereocenters. The Morgan fingerprint density at radius 2 is 1.95 bits per heavy atom. The van der Waals surface area contributed by atoms with Crippen LogP contribution in [0.5, 0.6) is 0 Å². The number of benzene rings is 1. The highest BCUT2D eigenvalue weighted by molar-refractivity contribution is 6.36. The second-order valence-corrected chi connectivity index (χ2v) is 6.48. The molecule has 0 spiro atoms. The van der Waals surface area contributed by atoms with Gasteiger partial charge in [0.05, 0.1) is 15.9 Å². The van der Waals surface area contributed by atoms with Crippen molar-refractivity contribution in [2.45, 2.75) is 46.7 Å². The zero-order valence-electron chi connectivity index (χ0n) is 13.4. The van der Waals surface area contributed by atoms with E-state index in [-0.39, 0.29) is 5.43 Å². The monoisotopic (exact) mass is 319 g/mol. The normalized spacial score (nSPS) is 15.8. The maximum Gasteiger partial charge on any atom is 0.214 e. The molecule has 0 radical (unpaired) electrons. The van der Waals surface area contributed by atoms with Crippen LogP contribution < -0.4 is 5.43 Å². The van der Waals surface area contributed by atoms with Crippen molar-refractivity contribution in [3.63, 3.8) is 0 Å². The Hall–Kier alpha value is -1.39. The Labute approximate surface area is 135 Å². The number of nitrogens with zero attached hydrogens (tertiary/aromatic N) is 3. The highest BCUT2D eigenvalue weighted by Crippen LogP contribution is 2.27. The van der Waals surface area contributed by atoms with Crippen molar-refractivity contribution in [1.29, 1.82) is 0 Å². The van der Waals surface area contributed by atoms with E-state index in [1.165, 1.54) is 12.8 Å². The van der Waals surface area contributed by atoms with Crippen molar-refractivity contribution in [3.8, 4) is 0 Å². The Morgan fingerprint density at radius 3 is 2.59 bits per heavy atom.